The lowest BCUT2D eigenvalue weighted by Crippen LogP contribution is -2.43. The summed E-state index contributed by atoms with van der Waals surface area (Å²) in [6.45, 7) is 2.18. The summed E-state index contributed by atoms with van der Waals surface area (Å²) in [6, 6.07) is 16.3. The van der Waals surface area contributed by atoms with E-state index in [9.17, 15) is 9.59 Å². The number of carbonyl (C=O) groups excluding carboxylic acids is 2. The van der Waals surface area contributed by atoms with E-state index < -0.39 is 0 Å². The molecule has 2 aromatic carbocycles. The molecule has 0 aliphatic heterocycles. The molecule has 1 fully saturated rings. The third-order valence-electron chi connectivity index (χ3n) is 4.98. The van der Waals surface area contributed by atoms with E-state index in [4.69, 9.17) is 4.74 Å². The highest BCUT2D eigenvalue weighted by molar-refractivity contribution is 6.08. The third-order valence-corrected chi connectivity index (χ3v) is 4.98. The molecule has 2 atom stereocenters. The van der Waals surface area contributed by atoms with Gasteiger partial charge in [-0.2, -0.15) is 0 Å². The van der Waals surface area contributed by atoms with Crippen molar-refractivity contribution in [1.82, 2.24) is 5.32 Å². The molecule has 3 rings (SSSR count). The number of hydrogen-bond donors (Lipinski definition) is 1. The Bertz CT molecular complexity index is 740. The number of rotatable bonds is 6. The van der Waals surface area contributed by atoms with Gasteiger partial charge in [-0.25, -0.2) is 0 Å². The molecule has 0 bridgehead atoms. The van der Waals surface area contributed by atoms with Gasteiger partial charge in [-0.15, -0.1) is 0 Å². The molecule has 1 saturated carbocycles. The van der Waals surface area contributed by atoms with Gasteiger partial charge >= 0.3 is 0 Å². The Hall–Kier alpha value is -2.62. The fraction of sp³-hybridized carbons (Fsp3) is 0.364. The number of hydrogen-bond acceptors (Lipinski definition) is 3. The molecule has 1 aliphatic carbocycles. The van der Waals surface area contributed by atoms with Gasteiger partial charge < -0.3 is 10.1 Å². The Morgan fingerprint density at radius 3 is 2.31 bits per heavy atom. The van der Waals surface area contributed by atoms with Crippen molar-refractivity contribution in [3.05, 3.63) is 65.7 Å². The Balaban J connectivity index is 1.51. The third kappa shape index (κ3) is 4.72. The molecule has 0 radical (unpaired) electrons. The van der Waals surface area contributed by atoms with Crippen LogP contribution in [0.2, 0.25) is 0 Å². The summed E-state index contributed by atoms with van der Waals surface area (Å²) in [6.07, 6.45) is 4.64. The summed E-state index contributed by atoms with van der Waals surface area (Å²) < 4.78 is 5.56. The van der Waals surface area contributed by atoms with E-state index in [1.807, 2.05) is 18.2 Å². The van der Waals surface area contributed by atoms with Crippen LogP contribution < -0.4 is 10.1 Å². The summed E-state index contributed by atoms with van der Waals surface area (Å²) in [5, 5.41) is 3.07. The first-order valence-electron chi connectivity index (χ1n) is 9.25. The van der Waals surface area contributed by atoms with Crippen LogP contribution in [0.25, 0.3) is 0 Å². The van der Waals surface area contributed by atoms with Crippen LogP contribution in [-0.4, -0.2) is 24.3 Å². The SMILES string of the molecule is C[C@H]1CCCC[C@H]1NC(=O)COc1ccc(C(=O)c2ccccc2)cc1. The van der Waals surface area contributed by atoms with Crippen molar-refractivity contribution in [3.63, 3.8) is 0 Å². The van der Waals surface area contributed by atoms with Crippen molar-refractivity contribution in [2.24, 2.45) is 5.92 Å². The zero-order chi connectivity index (χ0) is 18.4. The van der Waals surface area contributed by atoms with Crippen molar-refractivity contribution in [2.75, 3.05) is 6.61 Å². The van der Waals surface area contributed by atoms with Crippen molar-refractivity contribution in [3.8, 4) is 5.75 Å². The van der Waals surface area contributed by atoms with E-state index in [-0.39, 0.29) is 24.3 Å². The summed E-state index contributed by atoms with van der Waals surface area (Å²) >= 11 is 0. The van der Waals surface area contributed by atoms with E-state index in [2.05, 4.69) is 12.2 Å². The Labute approximate surface area is 154 Å². The highest BCUT2D eigenvalue weighted by atomic mass is 16.5. The molecule has 0 saturated heterocycles. The van der Waals surface area contributed by atoms with Crippen molar-refractivity contribution >= 4 is 11.7 Å². The summed E-state index contributed by atoms with van der Waals surface area (Å²) in [5.74, 6) is 0.992. The summed E-state index contributed by atoms with van der Waals surface area (Å²) in [5.41, 5.74) is 1.26. The predicted molar refractivity (Wildman–Crippen MR) is 101 cm³/mol. The van der Waals surface area contributed by atoms with E-state index in [0.717, 1.165) is 6.42 Å². The number of carbonyl (C=O) groups is 2. The molecule has 0 heterocycles. The van der Waals surface area contributed by atoms with Gasteiger partial charge in [0.15, 0.2) is 12.4 Å². The number of nitrogens with one attached hydrogen (secondary N) is 1. The molecule has 1 N–H and O–H groups in total. The molecule has 26 heavy (non-hydrogen) atoms. The standard InChI is InChI=1S/C22H25NO3/c1-16-7-5-6-10-20(16)23-21(24)15-26-19-13-11-18(12-14-19)22(25)17-8-3-2-4-9-17/h2-4,8-9,11-14,16,20H,5-7,10,15H2,1H3,(H,23,24)/t16-,20+/m0/s1. The molecule has 136 valence electrons. The zero-order valence-corrected chi connectivity index (χ0v) is 15.1. The molecule has 4 nitrogen and oxygen atoms in total. The van der Waals surface area contributed by atoms with Crippen LogP contribution in [0.1, 0.15) is 48.5 Å². The van der Waals surface area contributed by atoms with Crippen molar-refractivity contribution in [2.45, 2.75) is 38.6 Å². The van der Waals surface area contributed by atoms with Crippen molar-refractivity contribution in [1.29, 1.82) is 0 Å². The largest absolute Gasteiger partial charge is 0.484 e. The molecule has 1 amide bonds. The topological polar surface area (TPSA) is 55.4 Å². The molecular weight excluding hydrogens is 326 g/mol. The van der Waals surface area contributed by atoms with E-state index in [0.29, 0.717) is 22.8 Å². The van der Waals surface area contributed by atoms with E-state index in [1.165, 1.54) is 19.3 Å². The van der Waals surface area contributed by atoms with E-state index in [1.54, 1.807) is 36.4 Å². The smallest absolute Gasteiger partial charge is 0.258 e. The maximum atomic E-state index is 12.4. The lowest BCUT2D eigenvalue weighted by molar-refractivity contribution is -0.124. The van der Waals surface area contributed by atoms with Crippen LogP contribution in [0.3, 0.4) is 0 Å². The lowest BCUT2D eigenvalue weighted by atomic mass is 9.86. The summed E-state index contributed by atoms with van der Waals surface area (Å²) in [4.78, 5) is 24.5. The van der Waals surface area contributed by atoms with Crippen molar-refractivity contribution < 1.29 is 14.3 Å². The second-order valence-electron chi connectivity index (χ2n) is 6.94. The van der Waals surface area contributed by atoms with Gasteiger partial charge in [-0.05, 0) is 43.0 Å². The highest BCUT2D eigenvalue weighted by Gasteiger charge is 2.22. The van der Waals surface area contributed by atoms with Crippen LogP contribution in [0, 0.1) is 5.92 Å². The number of ketones is 1. The van der Waals surface area contributed by atoms with Gasteiger partial charge in [0, 0.05) is 17.2 Å². The van der Waals surface area contributed by atoms with Crippen LogP contribution >= 0.6 is 0 Å². The van der Waals surface area contributed by atoms with Crippen LogP contribution in [-0.2, 0) is 4.79 Å². The van der Waals surface area contributed by atoms with Crippen LogP contribution in [0.15, 0.2) is 54.6 Å². The minimum absolute atomic E-state index is 0.00476. The maximum Gasteiger partial charge on any atom is 0.258 e. The second kappa shape index (κ2) is 8.65. The number of amides is 1. The van der Waals surface area contributed by atoms with Gasteiger partial charge in [0.25, 0.3) is 5.91 Å². The molecule has 0 aromatic heterocycles. The number of ether oxygens (including phenoxy) is 1. The van der Waals surface area contributed by atoms with Crippen LogP contribution in [0.5, 0.6) is 5.75 Å². The lowest BCUT2D eigenvalue weighted by Gasteiger charge is -2.29. The predicted octanol–water partition coefficient (Wildman–Crippen LogP) is 3.99. The molecule has 0 unspecified atom stereocenters. The molecule has 1 aliphatic rings. The van der Waals surface area contributed by atoms with Gasteiger partial charge in [0.05, 0.1) is 0 Å². The zero-order valence-electron chi connectivity index (χ0n) is 15.1. The fourth-order valence-corrected chi connectivity index (χ4v) is 3.39. The Kier molecular flexibility index (Phi) is 6.05. The maximum absolute atomic E-state index is 12.4. The minimum Gasteiger partial charge on any atom is -0.484 e. The first-order valence-corrected chi connectivity index (χ1v) is 9.25. The molecular formula is C22H25NO3. The average molecular weight is 351 g/mol. The molecule has 2 aromatic rings. The first kappa shape index (κ1) is 18.2. The van der Waals surface area contributed by atoms with Gasteiger partial charge in [-0.1, -0.05) is 50.1 Å². The molecule has 0 spiro atoms. The van der Waals surface area contributed by atoms with Crippen LogP contribution in [0.4, 0.5) is 0 Å². The quantitative estimate of drug-likeness (QED) is 0.801. The summed E-state index contributed by atoms with van der Waals surface area (Å²) in [7, 11) is 0. The van der Waals surface area contributed by atoms with Gasteiger partial charge in [0.1, 0.15) is 5.75 Å². The number of benzene rings is 2. The van der Waals surface area contributed by atoms with Gasteiger partial charge in [0.2, 0.25) is 0 Å². The minimum atomic E-state index is -0.0896. The first-order chi connectivity index (χ1) is 12.6. The Morgan fingerprint density at radius 2 is 1.62 bits per heavy atom. The fourth-order valence-electron chi connectivity index (χ4n) is 3.39. The van der Waals surface area contributed by atoms with Gasteiger partial charge in [-0.3, -0.25) is 9.59 Å². The average Bonchev–Trinajstić information content (AvgIpc) is 2.69. The second-order valence-corrected chi connectivity index (χ2v) is 6.94. The molecule has 4 heteroatoms. The monoisotopic (exact) mass is 351 g/mol. The Morgan fingerprint density at radius 1 is 0.962 bits per heavy atom. The van der Waals surface area contributed by atoms with E-state index >= 15 is 0 Å². The highest BCUT2D eigenvalue weighted by Crippen LogP contribution is 2.23. The normalized spacial score (nSPS) is 19.6.